The maximum absolute atomic E-state index is 12.2. The summed E-state index contributed by atoms with van der Waals surface area (Å²) < 4.78 is 2.03. The Hall–Kier alpha value is -2.11. The van der Waals surface area contributed by atoms with Crippen molar-refractivity contribution in [1.29, 1.82) is 0 Å². The molecule has 29 heavy (non-hydrogen) atoms. The summed E-state index contributed by atoms with van der Waals surface area (Å²) in [7, 11) is 0. The van der Waals surface area contributed by atoms with Crippen LogP contribution in [0.15, 0.2) is 53.3 Å². The summed E-state index contributed by atoms with van der Waals surface area (Å²) >= 11 is 0. The number of hydrogen-bond acceptors (Lipinski definition) is 4. The zero-order valence-electron chi connectivity index (χ0n) is 17.2. The molecular weight excluding hydrogens is 360 g/mol. The van der Waals surface area contributed by atoms with Crippen LogP contribution in [0.1, 0.15) is 24.5 Å². The van der Waals surface area contributed by atoms with Crippen LogP contribution in [0.3, 0.4) is 0 Å². The summed E-state index contributed by atoms with van der Waals surface area (Å²) in [5, 5.41) is 0. The van der Waals surface area contributed by atoms with E-state index in [4.69, 9.17) is 0 Å². The van der Waals surface area contributed by atoms with E-state index in [0.717, 1.165) is 45.8 Å². The summed E-state index contributed by atoms with van der Waals surface area (Å²) in [5.41, 5.74) is 2.79. The number of piperazine rings is 1. The van der Waals surface area contributed by atoms with Crippen LogP contribution in [0.4, 0.5) is 5.69 Å². The van der Waals surface area contributed by atoms with Crippen LogP contribution in [0.25, 0.3) is 0 Å². The van der Waals surface area contributed by atoms with Crippen molar-refractivity contribution in [1.82, 2.24) is 14.4 Å². The maximum atomic E-state index is 12.2. The number of benzene rings is 1. The van der Waals surface area contributed by atoms with E-state index < -0.39 is 0 Å². The van der Waals surface area contributed by atoms with Gasteiger partial charge in [-0.05, 0) is 50.0 Å². The Bertz CT molecular complexity index is 872. The first kappa shape index (κ1) is 18.9. The Labute approximate surface area is 173 Å². The second kappa shape index (κ2) is 8.33. The highest BCUT2D eigenvalue weighted by molar-refractivity contribution is 5.46. The molecular formula is C24H32N4O. The lowest BCUT2D eigenvalue weighted by Crippen LogP contribution is -2.49. The molecule has 1 aromatic carbocycles. The number of rotatable bonds is 5. The highest BCUT2D eigenvalue weighted by atomic mass is 16.1. The van der Waals surface area contributed by atoms with Gasteiger partial charge in [0, 0.05) is 69.2 Å². The third-order valence-corrected chi connectivity index (χ3v) is 7.00. The minimum Gasteiger partial charge on any atom is -0.369 e. The molecule has 3 aliphatic rings. The third-order valence-electron chi connectivity index (χ3n) is 7.00. The highest BCUT2D eigenvalue weighted by Gasteiger charge is 2.34. The van der Waals surface area contributed by atoms with E-state index >= 15 is 0 Å². The van der Waals surface area contributed by atoms with Crippen LogP contribution < -0.4 is 10.5 Å². The van der Waals surface area contributed by atoms with E-state index in [1.54, 1.807) is 6.07 Å². The molecule has 1 aromatic heterocycles. The number of hydrogen-bond donors (Lipinski definition) is 0. The highest BCUT2D eigenvalue weighted by Crippen LogP contribution is 2.34. The van der Waals surface area contributed by atoms with E-state index in [9.17, 15) is 4.79 Å². The van der Waals surface area contributed by atoms with Gasteiger partial charge in [-0.1, -0.05) is 24.3 Å². The average molecular weight is 393 g/mol. The number of piperidine rings is 1. The second-order valence-electron chi connectivity index (χ2n) is 8.98. The zero-order chi connectivity index (χ0) is 19.6. The Kier molecular flexibility index (Phi) is 5.42. The van der Waals surface area contributed by atoms with Crippen LogP contribution >= 0.6 is 0 Å². The lowest BCUT2D eigenvalue weighted by Gasteiger charge is -2.43. The summed E-state index contributed by atoms with van der Waals surface area (Å²) in [6.07, 6.45) is 2.49. The van der Waals surface area contributed by atoms with Crippen LogP contribution in [-0.4, -0.2) is 66.7 Å². The van der Waals surface area contributed by atoms with Gasteiger partial charge < -0.3 is 14.4 Å². The lowest BCUT2D eigenvalue weighted by atomic mass is 9.83. The number of anilines is 1. The Morgan fingerprint density at radius 3 is 2.41 bits per heavy atom. The molecule has 0 amide bonds. The topological polar surface area (TPSA) is 31.7 Å². The van der Waals surface area contributed by atoms with E-state index in [1.807, 2.05) is 10.6 Å². The molecule has 0 saturated carbocycles. The minimum atomic E-state index is 0.181. The molecule has 5 nitrogen and oxygen atoms in total. The molecule has 154 valence electrons. The Morgan fingerprint density at radius 2 is 1.59 bits per heavy atom. The van der Waals surface area contributed by atoms with Gasteiger partial charge in [-0.25, -0.2) is 0 Å². The van der Waals surface area contributed by atoms with Crippen molar-refractivity contribution >= 4 is 5.69 Å². The van der Waals surface area contributed by atoms with Gasteiger partial charge in [0.1, 0.15) is 0 Å². The first-order valence-electron chi connectivity index (χ1n) is 11.2. The van der Waals surface area contributed by atoms with Gasteiger partial charge in [-0.15, -0.1) is 0 Å². The van der Waals surface area contributed by atoms with E-state index in [-0.39, 0.29) is 5.56 Å². The largest absolute Gasteiger partial charge is 0.369 e. The summed E-state index contributed by atoms with van der Waals surface area (Å²) in [6, 6.07) is 16.6. The fourth-order valence-electron chi connectivity index (χ4n) is 5.56. The van der Waals surface area contributed by atoms with Crippen LogP contribution in [0, 0.1) is 5.92 Å². The zero-order valence-corrected chi connectivity index (χ0v) is 17.2. The first-order valence-corrected chi connectivity index (χ1v) is 11.2. The molecule has 2 saturated heterocycles. The second-order valence-corrected chi connectivity index (χ2v) is 8.98. The van der Waals surface area contributed by atoms with Crippen molar-refractivity contribution in [2.45, 2.75) is 25.3 Å². The van der Waals surface area contributed by atoms with Gasteiger partial charge in [-0.2, -0.15) is 0 Å². The normalized spacial score (nSPS) is 25.0. The van der Waals surface area contributed by atoms with E-state index in [1.165, 1.54) is 37.3 Å². The van der Waals surface area contributed by atoms with Crippen LogP contribution in [-0.2, 0) is 6.54 Å². The van der Waals surface area contributed by atoms with Gasteiger partial charge in [0.25, 0.3) is 5.56 Å². The third kappa shape index (κ3) is 4.12. The van der Waals surface area contributed by atoms with Crippen molar-refractivity contribution in [3.63, 3.8) is 0 Å². The van der Waals surface area contributed by atoms with Gasteiger partial charge in [-0.3, -0.25) is 9.69 Å². The van der Waals surface area contributed by atoms with Crippen molar-refractivity contribution in [3.8, 4) is 0 Å². The van der Waals surface area contributed by atoms with Crippen molar-refractivity contribution in [3.05, 3.63) is 64.6 Å². The monoisotopic (exact) mass is 392 g/mol. The van der Waals surface area contributed by atoms with Gasteiger partial charge >= 0.3 is 0 Å². The molecule has 2 fully saturated rings. The van der Waals surface area contributed by atoms with Crippen molar-refractivity contribution in [2.75, 3.05) is 57.3 Å². The number of aromatic nitrogens is 1. The molecule has 0 N–H and O–H groups in total. The van der Waals surface area contributed by atoms with Crippen LogP contribution in [0.2, 0.25) is 0 Å². The summed E-state index contributed by atoms with van der Waals surface area (Å²) in [4.78, 5) is 20.0. The number of pyridine rings is 1. The quantitative estimate of drug-likeness (QED) is 0.783. The van der Waals surface area contributed by atoms with Crippen molar-refractivity contribution in [2.24, 2.45) is 5.92 Å². The molecule has 2 aromatic rings. The Balaban J connectivity index is 1.09. The molecule has 3 aliphatic heterocycles. The average Bonchev–Trinajstić information content (AvgIpc) is 2.76. The van der Waals surface area contributed by atoms with E-state index in [0.29, 0.717) is 11.8 Å². The smallest absolute Gasteiger partial charge is 0.250 e. The molecule has 4 heterocycles. The summed E-state index contributed by atoms with van der Waals surface area (Å²) in [5.74, 6) is 1.17. The van der Waals surface area contributed by atoms with Gasteiger partial charge in [0.2, 0.25) is 0 Å². The van der Waals surface area contributed by atoms with Crippen molar-refractivity contribution < 1.29 is 0 Å². The molecule has 5 heteroatoms. The number of likely N-dealkylation sites (tertiary alicyclic amines) is 1. The van der Waals surface area contributed by atoms with Gasteiger partial charge in [0.05, 0.1) is 0 Å². The minimum absolute atomic E-state index is 0.181. The molecule has 2 atom stereocenters. The van der Waals surface area contributed by atoms with Gasteiger partial charge in [0.15, 0.2) is 0 Å². The van der Waals surface area contributed by atoms with E-state index in [2.05, 4.69) is 51.1 Å². The number of fused-ring (bicyclic) bond motifs is 4. The molecule has 0 spiro atoms. The molecule has 2 bridgehead atoms. The standard InChI is InChI=1S/C24H32N4O/c29-24-9-4-8-23-21-16-20(18-28(23)24)17-26(19-21)11-5-10-25-12-14-27(15-13-25)22-6-2-1-3-7-22/h1-4,6-9,20-21H,5,10-19H2/t20-,21+/m0/s1. The predicted octanol–water partition coefficient (Wildman–Crippen LogP) is 2.48. The number of para-hydroxylation sites is 1. The Morgan fingerprint density at radius 1 is 0.793 bits per heavy atom. The molecule has 5 rings (SSSR count). The fourth-order valence-corrected chi connectivity index (χ4v) is 5.56. The SMILES string of the molecule is O=c1cccc2n1C[C@H]1C[C@@H]2CN(CCCN2CCN(c3ccccc3)CC2)C1. The first-order chi connectivity index (χ1) is 14.3. The molecule has 0 aliphatic carbocycles. The maximum Gasteiger partial charge on any atom is 0.250 e. The fraction of sp³-hybridized carbons (Fsp3) is 0.542. The molecule has 0 unspecified atom stereocenters. The number of nitrogens with zero attached hydrogens (tertiary/aromatic N) is 4. The molecule has 0 radical (unpaired) electrons. The van der Waals surface area contributed by atoms with Crippen LogP contribution in [0.5, 0.6) is 0 Å². The summed E-state index contributed by atoms with van der Waals surface area (Å²) in [6.45, 7) is 10.1. The lowest BCUT2D eigenvalue weighted by molar-refractivity contribution is 0.114. The predicted molar refractivity (Wildman–Crippen MR) is 118 cm³/mol.